The molecular weight excluding hydrogens is 105 g/mol. The van der Waals surface area contributed by atoms with Gasteiger partial charge in [-0.25, -0.2) is 0 Å². The maximum absolute atomic E-state index is 0. The first-order valence-electron chi connectivity index (χ1n) is 0. The van der Waals surface area contributed by atoms with Crippen LogP contribution >= 0.6 is 0 Å². The predicted octanol–water partition coefficient (Wildman–Crippen LogP) is -6.82. The van der Waals surface area contributed by atoms with Crippen molar-refractivity contribution < 1.29 is 33.4 Å². The molecule has 2 N–H and O–H groups in total. The van der Waals surface area contributed by atoms with Crippen LogP contribution in [0.15, 0.2) is 0 Å². The summed E-state index contributed by atoms with van der Waals surface area (Å²) in [6.07, 6.45) is 0. The molecule has 0 saturated carbocycles. The minimum absolute atomic E-state index is 0. The van der Waals surface area contributed by atoms with Crippen LogP contribution in [0.2, 0.25) is 0 Å². The second-order valence-electron chi connectivity index (χ2n) is 0. The van der Waals surface area contributed by atoms with Crippen LogP contribution in [-0.4, -0.2) is 5.48 Å². The van der Waals surface area contributed by atoms with Crippen LogP contribution < -0.4 is 9.41 Å². The summed E-state index contributed by atoms with van der Waals surface area (Å²) < 4.78 is 0. The van der Waals surface area contributed by atoms with E-state index < -0.39 is 0 Å². The summed E-state index contributed by atoms with van der Waals surface area (Å²) in [7, 11) is 0. The second-order valence-corrected chi connectivity index (χ2v) is 0. The zero-order chi connectivity index (χ0) is 0. The third kappa shape index (κ3) is 29.0. The quantitative estimate of drug-likeness (QED) is 0.294. The normalized spacial score (nSPS) is 0. The number of rotatable bonds is 0. The van der Waals surface area contributed by atoms with Crippen molar-refractivity contribution in [3.05, 3.63) is 0 Å². The van der Waals surface area contributed by atoms with E-state index in [1.807, 2.05) is 0 Å². The van der Waals surface area contributed by atoms with Crippen LogP contribution in [0.5, 0.6) is 0 Å². The van der Waals surface area contributed by atoms with Crippen LogP contribution in [0.4, 0.5) is 0 Å². The van der Waals surface area contributed by atoms with E-state index in [9.17, 15) is 0 Å². The third-order valence-electron chi connectivity index (χ3n) is 0. The molecule has 0 amide bonds. The molecule has 0 aliphatic heterocycles. The molecule has 4 heavy (non-hydrogen) atoms. The third-order valence-corrected chi connectivity index (χ3v) is 0. The Hall–Kier alpha value is 0.404. The molecule has 0 unspecified atom stereocenters. The molecule has 4 heteroatoms. The summed E-state index contributed by atoms with van der Waals surface area (Å²) in [6.45, 7) is 0. The summed E-state index contributed by atoms with van der Waals surface area (Å²) >= 11 is 0. The van der Waals surface area contributed by atoms with E-state index in [0.29, 0.717) is 0 Å². The standard InChI is InChI=1S/2FH.H2O.V/h2*1H;1H2;/q;;;+2/p-2. The second kappa shape index (κ2) is 120. The average molecular weight is 107 g/mol. The van der Waals surface area contributed by atoms with E-state index in [-0.39, 0.29) is 33.4 Å². The van der Waals surface area contributed by atoms with E-state index in [4.69, 9.17) is 0 Å². The minimum Gasteiger partial charge on any atom is -1.00 e. The molecule has 0 aliphatic rings. The van der Waals surface area contributed by atoms with Crippen molar-refractivity contribution in [2.75, 3.05) is 0 Å². The average Bonchev–Trinajstić information content (AvgIpc) is 0. The molecule has 0 rings (SSSR count). The van der Waals surface area contributed by atoms with E-state index in [1.54, 1.807) is 0 Å². The van der Waals surface area contributed by atoms with Gasteiger partial charge >= 0.3 is 18.6 Å². The molecule has 0 fully saturated rings. The number of halogens is 2. The Kier molecular flexibility index (Phi) is 9390. The van der Waals surface area contributed by atoms with E-state index in [0.717, 1.165) is 0 Å². The van der Waals surface area contributed by atoms with Gasteiger partial charge in [0, 0.05) is 0 Å². The SMILES string of the molecule is O.[F-].[F-].[V+2]. The molecule has 0 aromatic carbocycles. The monoisotopic (exact) mass is 107 g/mol. The van der Waals surface area contributed by atoms with Gasteiger partial charge in [0.15, 0.2) is 0 Å². The summed E-state index contributed by atoms with van der Waals surface area (Å²) in [5.74, 6) is 0. The van der Waals surface area contributed by atoms with Crippen molar-refractivity contribution >= 4 is 0 Å². The first-order valence-corrected chi connectivity index (χ1v) is 0. The fourth-order valence-corrected chi connectivity index (χ4v) is 0. The maximum atomic E-state index is 0. The van der Waals surface area contributed by atoms with Crippen molar-refractivity contribution in [2.45, 2.75) is 0 Å². The summed E-state index contributed by atoms with van der Waals surface area (Å²) in [5, 5.41) is 0. The molecule has 0 aromatic rings. The van der Waals surface area contributed by atoms with Gasteiger partial charge in [0.05, 0.1) is 0 Å². The van der Waals surface area contributed by atoms with Gasteiger partial charge in [0.1, 0.15) is 0 Å². The predicted molar refractivity (Wildman–Crippen MR) is 3.61 cm³/mol. The van der Waals surface area contributed by atoms with E-state index in [2.05, 4.69) is 0 Å². The van der Waals surface area contributed by atoms with Gasteiger partial charge in [-0.3, -0.25) is 0 Å². The summed E-state index contributed by atoms with van der Waals surface area (Å²) in [6, 6.07) is 0. The van der Waals surface area contributed by atoms with E-state index >= 15 is 0 Å². The Labute approximate surface area is 34.3 Å². The van der Waals surface area contributed by atoms with Crippen LogP contribution in [0.25, 0.3) is 0 Å². The molecule has 0 atom stereocenters. The molecule has 0 saturated heterocycles. The molecule has 0 heterocycles. The van der Waals surface area contributed by atoms with Crippen LogP contribution in [0.1, 0.15) is 0 Å². The maximum Gasteiger partial charge on any atom is 2.00 e. The topological polar surface area (TPSA) is 31.5 Å². The molecule has 0 aromatic heterocycles. The summed E-state index contributed by atoms with van der Waals surface area (Å²) in [4.78, 5) is 0. The fraction of sp³-hybridized carbons (Fsp3) is 0. The van der Waals surface area contributed by atoms with Gasteiger partial charge in [-0.1, -0.05) is 0 Å². The largest absolute Gasteiger partial charge is 2.00 e. The molecule has 0 bridgehead atoms. The molecule has 1 nitrogen and oxygen atoms in total. The molecular formula is H2F2OV. The van der Waals surface area contributed by atoms with Crippen LogP contribution in [0.3, 0.4) is 0 Å². The zero-order valence-electron chi connectivity index (χ0n) is 1.70. The zero-order valence-corrected chi connectivity index (χ0v) is 3.10. The minimum atomic E-state index is 0. The smallest absolute Gasteiger partial charge is 1.00 e. The molecule has 0 spiro atoms. The molecule has 1 radical (unpaired) electrons. The summed E-state index contributed by atoms with van der Waals surface area (Å²) in [5.41, 5.74) is 0. The van der Waals surface area contributed by atoms with Gasteiger partial charge in [0.2, 0.25) is 0 Å². The van der Waals surface area contributed by atoms with Crippen molar-refractivity contribution in [3.63, 3.8) is 0 Å². The van der Waals surface area contributed by atoms with Gasteiger partial charge in [-0.15, -0.1) is 0 Å². The van der Waals surface area contributed by atoms with Crippen LogP contribution in [-0.2, 0) is 18.6 Å². The van der Waals surface area contributed by atoms with Gasteiger partial charge in [0.25, 0.3) is 0 Å². The Morgan fingerprint density at radius 3 is 0.750 bits per heavy atom. The Bertz CT molecular complexity index is 6.00. The van der Waals surface area contributed by atoms with Crippen molar-refractivity contribution in [3.8, 4) is 0 Å². The molecule has 27 valence electrons. The Morgan fingerprint density at radius 2 is 0.750 bits per heavy atom. The number of hydrogen-bond donors (Lipinski definition) is 0. The first kappa shape index (κ1) is 312. The van der Waals surface area contributed by atoms with E-state index in [1.165, 1.54) is 0 Å². The van der Waals surface area contributed by atoms with Crippen molar-refractivity contribution in [1.29, 1.82) is 0 Å². The fourth-order valence-electron chi connectivity index (χ4n) is 0. The van der Waals surface area contributed by atoms with Gasteiger partial charge in [-0.05, 0) is 0 Å². The van der Waals surface area contributed by atoms with Crippen molar-refractivity contribution in [1.82, 2.24) is 0 Å². The van der Waals surface area contributed by atoms with Gasteiger partial charge in [-0.2, -0.15) is 0 Å². The first-order chi connectivity index (χ1) is 0. The van der Waals surface area contributed by atoms with Crippen molar-refractivity contribution in [2.24, 2.45) is 0 Å². The Morgan fingerprint density at radius 1 is 0.750 bits per heavy atom. The molecule has 0 aliphatic carbocycles. The Balaban J connectivity index is 0. The van der Waals surface area contributed by atoms with Crippen LogP contribution in [0, 0.1) is 0 Å². The van der Waals surface area contributed by atoms with Gasteiger partial charge < -0.3 is 14.9 Å². The number of hydrogen-bond acceptors (Lipinski definition) is 0.